The second-order valence-corrected chi connectivity index (χ2v) is 5.91. The molecule has 0 aliphatic carbocycles. The van der Waals surface area contributed by atoms with Gasteiger partial charge in [-0.2, -0.15) is 0 Å². The van der Waals surface area contributed by atoms with Gasteiger partial charge in [0.2, 0.25) is 5.95 Å². The number of aryl methyl sites for hydroxylation is 1. The summed E-state index contributed by atoms with van der Waals surface area (Å²) in [6.07, 6.45) is 2.10. The summed E-state index contributed by atoms with van der Waals surface area (Å²) in [5.74, 6) is 1.03. The second kappa shape index (κ2) is 5.08. The van der Waals surface area contributed by atoms with E-state index in [4.69, 9.17) is 5.73 Å². The lowest BCUT2D eigenvalue weighted by Gasteiger charge is -2.30. The number of nitrogens with two attached hydrogens (primary N) is 1. The minimum Gasteiger partial charge on any atom is -0.345 e. The molecule has 4 heteroatoms. The number of nitrogens with zero attached hydrogens (tertiary/aromatic N) is 3. The number of anilines is 1. The maximum Gasteiger partial charge on any atom is 0.205 e. The Labute approximate surface area is 105 Å². The molecule has 1 aromatic rings. The molecule has 0 fully saturated rings. The fourth-order valence-corrected chi connectivity index (χ4v) is 1.94. The van der Waals surface area contributed by atoms with Crippen LogP contribution in [0.4, 0.5) is 5.95 Å². The first kappa shape index (κ1) is 14.0. The molecule has 0 amide bonds. The Bertz CT molecular complexity index is 365. The van der Waals surface area contributed by atoms with Crippen molar-refractivity contribution in [2.75, 3.05) is 25.0 Å². The van der Waals surface area contributed by atoms with E-state index >= 15 is 0 Å². The van der Waals surface area contributed by atoms with Gasteiger partial charge in [-0.1, -0.05) is 13.8 Å². The summed E-state index contributed by atoms with van der Waals surface area (Å²) < 4.78 is 2.21. The van der Waals surface area contributed by atoms with Gasteiger partial charge >= 0.3 is 0 Å². The third-order valence-electron chi connectivity index (χ3n) is 2.95. The van der Waals surface area contributed by atoms with Crippen molar-refractivity contribution in [3.05, 3.63) is 11.9 Å². The molecule has 0 atom stereocenters. The van der Waals surface area contributed by atoms with Crippen LogP contribution in [0.1, 0.15) is 39.4 Å². The van der Waals surface area contributed by atoms with Crippen LogP contribution in [0, 0.1) is 12.3 Å². The molecule has 0 spiro atoms. The van der Waals surface area contributed by atoms with Crippen LogP contribution in [0.5, 0.6) is 0 Å². The molecule has 0 bridgehead atoms. The lowest BCUT2D eigenvalue weighted by atomic mass is 9.93. The normalized spacial score (nSPS) is 12.2. The molecule has 0 radical (unpaired) electrons. The van der Waals surface area contributed by atoms with Gasteiger partial charge in [0.1, 0.15) is 0 Å². The number of imidazole rings is 1. The first-order chi connectivity index (χ1) is 7.76. The van der Waals surface area contributed by atoms with E-state index in [-0.39, 0.29) is 5.41 Å². The summed E-state index contributed by atoms with van der Waals surface area (Å²) >= 11 is 0. The largest absolute Gasteiger partial charge is 0.345 e. The van der Waals surface area contributed by atoms with E-state index in [1.807, 2.05) is 6.92 Å². The summed E-state index contributed by atoms with van der Waals surface area (Å²) in [6, 6.07) is 0.426. The van der Waals surface area contributed by atoms with E-state index in [0.717, 1.165) is 18.2 Å². The quantitative estimate of drug-likeness (QED) is 0.855. The van der Waals surface area contributed by atoms with Crippen molar-refractivity contribution in [2.45, 2.75) is 40.7 Å². The fourth-order valence-electron chi connectivity index (χ4n) is 1.94. The Morgan fingerprint density at radius 3 is 2.53 bits per heavy atom. The molecular formula is C13H26N4. The third-order valence-corrected chi connectivity index (χ3v) is 2.95. The van der Waals surface area contributed by atoms with Crippen molar-refractivity contribution < 1.29 is 0 Å². The van der Waals surface area contributed by atoms with E-state index in [1.165, 1.54) is 0 Å². The molecule has 0 aliphatic rings. The van der Waals surface area contributed by atoms with Crippen LogP contribution in [-0.4, -0.2) is 29.7 Å². The summed E-state index contributed by atoms with van der Waals surface area (Å²) in [7, 11) is 2.08. The van der Waals surface area contributed by atoms with Crippen LogP contribution in [0.15, 0.2) is 6.20 Å². The molecular weight excluding hydrogens is 212 g/mol. The average molecular weight is 238 g/mol. The van der Waals surface area contributed by atoms with E-state index in [1.54, 1.807) is 0 Å². The molecule has 0 unspecified atom stereocenters. The van der Waals surface area contributed by atoms with Crippen molar-refractivity contribution in [1.82, 2.24) is 9.55 Å². The fraction of sp³-hybridized carbons (Fsp3) is 0.769. The number of rotatable bonds is 5. The minimum atomic E-state index is 0.108. The molecule has 0 saturated heterocycles. The summed E-state index contributed by atoms with van der Waals surface area (Å²) in [4.78, 5) is 6.79. The minimum absolute atomic E-state index is 0.108. The van der Waals surface area contributed by atoms with Crippen LogP contribution in [0.25, 0.3) is 0 Å². The van der Waals surface area contributed by atoms with Crippen LogP contribution in [0.2, 0.25) is 0 Å². The lowest BCUT2D eigenvalue weighted by molar-refractivity contribution is 0.380. The van der Waals surface area contributed by atoms with Gasteiger partial charge in [-0.15, -0.1) is 0 Å². The third kappa shape index (κ3) is 3.46. The molecule has 17 heavy (non-hydrogen) atoms. The van der Waals surface area contributed by atoms with Gasteiger partial charge in [0.25, 0.3) is 0 Å². The van der Waals surface area contributed by atoms with Crippen molar-refractivity contribution in [1.29, 1.82) is 0 Å². The molecule has 98 valence electrons. The molecule has 2 N–H and O–H groups in total. The van der Waals surface area contributed by atoms with E-state index in [0.29, 0.717) is 12.6 Å². The molecule has 1 heterocycles. The first-order valence-electron chi connectivity index (χ1n) is 6.23. The summed E-state index contributed by atoms with van der Waals surface area (Å²) in [5, 5.41) is 0. The molecule has 4 nitrogen and oxygen atoms in total. The topological polar surface area (TPSA) is 47.1 Å². The number of hydrogen-bond donors (Lipinski definition) is 1. The highest BCUT2D eigenvalue weighted by Gasteiger charge is 2.21. The molecule has 0 saturated carbocycles. The highest BCUT2D eigenvalue weighted by atomic mass is 15.3. The van der Waals surface area contributed by atoms with Crippen molar-refractivity contribution in [3.63, 3.8) is 0 Å². The monoisotopic (exact) mass is 238 g/mol. The molecule has 0 aromatic carbocycles. The van der Waals surface area contributed by atoms with Gasteiger partial charge in [-0.3, -0.25) is 0 Å². The van der Waals surface area contributed by atoms with Crippen LogP contribution < -0.4 is 10.6 Å². The van der Waals surface area contributed by atoms with E-state index in [2.05, 4.69) is 55.4 Å². The first-order valence-corrected chi connectivity index (χ1v) is 6.23. The average Bonchev–Trinajstić information content (AvgIpc) is 2.60. The summed E-state index contributed by atoms with van der Waals surface area (Å²) in [5.41, 5.74) is 6.95. The Hall–Kier alpha value is -1.03. The zero-order chi connectivity index (χ0) is 13.2. The highest BCUT2D eigenvalue weighted by Crippen LogP contribution is 2.22. The SMILES string of the molecule is Cc1cn(C(C)C)c(N(C)CC(C)(C)CN)n1. The van der Waals surface area contributed by atoms with Gasteiger partial charge in [0, 0.05) is 25.8 Å². The standard InChI is InChI=1S/C13H26N4/c1-10(2)17-7-11(3)15-12(17)16(6)9-13(4,5)8-14/h7,10H,8-9,14H2,1-6H3. The zero-order valence-electron chi connectivity index (χ0n) is 12.0. The van der Waals surface area contributed by atoms with Crippen molar-refractivity contribution in [2.24, 2.45) is 11.1 Å². The van der Waals surface area contributed by atoms with E-state index < -0.39 is 0 Å². The van der Waals surface area contributed by atoms with Gasteiger partial charge < -0.3 is 15.2 Å². The van der Waals surface area contributed by atoms with Crippen LogP contribution >= 0.6 is 0 Å². The lowest BCUT2D eigenvalue weighted by Crippen LogP contribution is -2.38. The Kier molecular flexibility index (Phi) is 4.20. The zero-order valence-corrected chi connectivity index (χ0v) is 12.0. The number of aromatic nitrogens is 2. The van der Waals surface area contributed by atoms with Gasteiger partial charge in [-0.25, -0.2) is 4.98 Å². The smallest absolute Gasteiger partial charge is 0.205 e. The van der Waals surface area contributed by atoms with Gasteiger partial charge in [0.15, 0.2) is 0 Å². The summed E-state index contributed by atoms with van der Waals surface area (Å²) in [6.45, 7) is 12.3. The Morgan fingerprint density at radius 2 is 2.06 bits per heavy atom. The second-order valence-electron chi connectivity index (χ2n) is 5.91. The maximum atomic E-state index is 5.78. The predicted molar refractivity (Wildman–Crippen MR) is 73.5 cm³/mol. The maximum absolute atomic E-state index is 5.78. The highest BCUT2D eigenvalue weighted by molar-refractivity contribution is 5.33. The van der Waals surface area contributed by atoms with E-state index in [9.17, 15) is 0 Å². The van der Waals surface area contributed by atoms with Crippen molar-refractivity contribution >= 4 is 5.95 Å². The molecule has 0 aliphatic heterocycles. The van der Waals surface area contributed by atoms with Crippen LogP contribution in [-0.2, 0) is 0 Å². The van der Waals surface area contributed by atoms with Gasteiger partial charge in [-0.05, 0) is 32.7 Å². The molecule has 1 rings (SSSR count). The molecule has 1 aromatic heterocycles. The Morgan fingerprint density at radius 1 is 1.47 bits per heavy atom. The van der Waals surface area contributed by atoms with Crippen LogP contribution in [0.3, 0.4) is 0 Å². The number of hydrogen-bond acceptors (Lipinski definition) is 3. The van der Waals surface area contributed by atoms with Crippen molar-refractivity contribution in [3.8, 4) is 0 Å². The van der Waals surface area contributed by atoms with Gasteiger partial charge in [0.05, 0.1) is 5.69 Å². The predicted octanol–water partition coefficient (Wildman–Crippen LogP) is 2.19. The Balaban J connectivity index is 2.92.